The molecule has 0 atom stereocenters. The summed E-state index contributed by atoms with van der Waals surface area (Å²) in [5.74, 6) is 1.45. The van der Waals surface area contributed by atoms with E-state index in [1.54, 1.807) is 31.2 Å². The number of hydrogen-bond acceptors (Lipinski definition) is 6. The van der Waals surface area contributed by atoms with E-state index in [-0.39, 0.29) is 11.4 Å². The summed E-state index contributed by atoms with van der Waals surface area (Å²) in [6, 6.07) is 8.68. The molecule has 0 saturated carbocycles. The van der Waals surface area contributed by atoms with Gasteiger partial charge < -0.3 is 9.05 Å². The summed E-state index contributed by atoms with van der Waals surface area (Å²) in [5.41, 5.74) is 2.84. The summed E-state index contributed by atoms with van der Waals surface area (Å²) >= 11 is 0. The summed E-state index contributed by atoms with van der Waals surface area (Å²) in [7, 11) is -3.73. The van der Waals surface area contributed by atoms with Crippen molar-refractivity contribution in [1.29, 1.82) is 0 Å². The maximum Gasteiger partial charge on any atom is 0.241 e. The van der Waals surface area contributed by atoms with Crippen LogP contribution >= 0.6 is 0 Å². The average Bonchev–Trinajstić information content (AvgIpc) is 3.22. The van der Waals surface area contributed by atoms with Crippen LogP contribution in [0.2, 0.25) is 0 Å². The molecule has 3 aromatic rings. The zero-order valence-electron chi connectivity index (χ0n) is 15.8. The van der Waals surface area contributed by atoms with Gasteiger partial charge in [0.2, 0.25) is 10.0 Å². The van der Waals surface area contributed by atoms with Crippen molar-refractivity contribution in [2.24, 2.45) is 5.92 Å². The lowest BCUT2D eigenvalue weighted by Crippen LogP contribution is -2.23. The highest BCUT2D eigenvalue weighted by Gasteiger charge is 2.19. The summed E-state index contributed by atoms with van der Waals surface area (Å²) in [6.45, 7) is 7.77. The number of nitrogens with zero attached hydrogens (tertiary/aromatic N) is 2. The van der Waals surface area contributed by atoms with E-state index >= 15 is 0 Å². The first-order valence-corrected chi connectivity index (χ1v) is 10.2. The number of aromatic nitrogens is 2. The Balaban J connectivity index is 1.79. The predicted molar refractivity (Wildman–Crippen MR) is 100 cm³/mol. The SMILES string of the molecule is Cc1cc(-c2ccc(C)c(S(=O)(=O)NCc3cc(CC(C)C)no3)c2)on1. The third-order valence-corrected chi connectivity index (χ3v) is 5.59. The van der Waals surface area contributed by atoms with Gasteiger partial charge in [0.15, 0.2) is 11.5 Å². The van der Waals surface area contributed by atoms with Crippen LogP contribution in [0.3, 0.4) is 0 Å². The van der Waals surface area contributed by atoms with Gasteiger partial charge in [0.25, 0.3) is 0 Å². The van der Waals surface area contributed by atoms with Crippen molar-refractivity contribution in [3.63, 3.8) is 0 Å². The molecule has 27 heavy (non-hydrogen) atoms. The number of rotatable bonds is 7. The van der Waals surface area contributed by atoms with Gasteiger partial charge in [0.1, 0.15) is 0 Å². The van der Waals surface area contributed by atoms with E-state index in [0.717, 1.165) is 17.8 Å². The predicted octanol–water partition coefficient (Wildman–Crippen LogP) is 3.62. The monoisotopic (exact) mass is 389 g/mol. The highest BCUT2D eigenvalue weighted by molar-refractivity contribution is 7.89. The second-order valence-electron chi connectivity index (χ2n) is 7.02. The molecule has 1 aromatic carbocycles. The van der Waals surface area contributed by atoms with Crippen LogP contribution in [0.1, 0.15) is 36.6 Å². The Bertz CT molecular complexity index is 1030. The van der Waals surface area contributed by atoms with Crippen molar-refractivity contribution >= 4 is 10.0 Å². The van der Waals surface area contributed by atoms with E-state index in [9.17, 15) is 8.42 Å². The van der Waals surface area contributed by atoms with Gasteiger partial charge in [0.05, 0.1) is 22.8 Å². The van der Waals surface area contributed by atoms with Crippen LogP contribution in [-0.4, -0.2) is 18.7 Å². The smallest absolute Gasteiger partial charge is 0.241 e. The molecule has 2 aromatic heterocycles. The molecule has 144 valence electrons. The highest BCUT2D eigenvalue weighted by Crippen LogP contribution is 2.25. The quantitative estimate of drug-likeness (QED) is 0.663. The van der Waals surface area contributed by atoms with Crippen LogP contribution in [0.5, 0.6) is 0 Å². The number of hydrogen-bond donors (Lipinski definition) is 1. The molecule has 0 aliphatic rings. The minimum absolute atomic E-state index is 0.0402. The van der Waals surface area contributed by atoms with Crippen molar-refractivity contribution in [2.75, 3.05) is 0 Å². The Hall–Kier alpha value is -2.45. The van der Waals surface area contributed by atoms with Crippen LogP contribution in [0, 0.1) is 19.8 Å². The molecule has 0 spiro atoms. The van der Waals surface area contributed by atoms with E-state index in [2.05, 4.69) is 28.9 Å². The van der Waals surface area contributed by atoms with E-state index in [4.69, 9.17) is 9.05 Å². The maximum absolute atomic E-state index is 12.8. The summed E-state index contributed by atoms with van der Waals surface area (Å²) in [4.78, 5) is 0.191. The van der Waals surface area contributed by atoms with Crippen LogP contribution in [0.4, 0.5) is 0 Å². The molecule has 7 nitrogen and oxygen atoms in total. The molecule has 2 heterocycles. The Morgan fingerprint density at radius 2 is 1.85 bits per heavy atom. The molecule has 0 aliphatic carbocycles. The molecule has 0 saturated heterocycles. The first kappa shape index (κ1) is 19.3. The van der Waals surface area contributed by atoms with Crippen molar-refractivity contribution in [3.8, 4) is 11.3 Å². The molecule has 0 amide bonds. The zero-order chi connectivity index (χ0) is 19.6. The lowest BCUT2D eigenvalue weighted by molar-refractivity contribution is 0.372. The molecule has 0 bridgehead atoms. The Labute approximate surface area is 158 Å². The fraction of sp³-hybridized carbons (Fsp3) is 0.368. The second kappa shape index (κ2) is 7.66. The average molecular weight is 389 g/mol. The minimum Gasteiger partial charge on any atom is -0.360 e. The van der Waals surface area contributed by atoms with E-state index in [0.29, 0.717) is 28.6 Å². The van der Waals surface area contributed by atoms with Crippen molar-refractivity contribution in [1.82, 2.24) is 15.0 Å². The van der Waals surface area contributed by atoms with Gasteiger partial charge in [-0.05, 0) is 37.8 Å². The van der Waals surface area contributed by atoms with Gasteiger partial charge in [-0.2, -0.15) is 0 Å². The minimum atomic E-state index is -3.73. The van der Waals surface area contributed by atoms with Gasteiger partial charge in [0, 0.05) is 17.7 Å². The molecule has 0 unspecified atom stereocenters. The highest BCUT2D eigenvalue weighted by atomic mass is 32.2. The van der Waals surface area contributed by atoms with Gasteiger partial charge in [-0.15, -0.1) is 0 Å². The fourth-order valence-electron chi connectivity index (χ4n) is 2.74. The number of nitrogens with one attached hydrogen (secondary N) is 1. The molecular weight excluding hydrogens is 366 g/mol. The molecule has 0 fully saturated rings. The summed E-state index contributed by atoms with van der Waals surface area (Å²) in [5, 5.41) is 7.82. The van der Waals surface area contributed by atoms with E-state index < -0.39 is 10.0 Å². The Kier molecular flexibility index (Phi) is 5.48. The van der Waals surface area contributed by atoms with E-state index in [1.165, 1.54) is 0 Å². The molecule has 3 rings (SSSR count). The maximum atomic E-state index is 12.8. The van der Waals surface area contributed by atoms with Gasteiger partial charge in [-0.1, -0.05) is 36.3 Å². The first-order chi connectivity index (χ1) is 12.7. The standard InChI is InChI=1S/C19H23N3O4S/c1-12(2)7-16-10-17(25-22-16)11-20-27(23,24)19-9-15(6-5-13(19)3)18-8-14(4)21-26-18/h5-6,8-10,12,20H,7,11H2,1-4H3. The third kappa shape index (κ3) is 4.64. The number of benzene rings is 1. The van der Waals surface area contributed by atoms with Crippen LogP contribution < -0.4 is 4.72 Å². The van der Waals surface area contributed by atoms with Crippen LogP contribution in [0.25, 0.3) is 11.3 Å². The lowest BCUT2D eigenvalue weighted by Gasteiger charge is -2.09. The molecular formula is C19H23N3O4S. The number of aryl methyl sites for hydroxylation is 2. The van der Waals surface area contributed by atoms with Crippen molar-refractivity contribution in [2.45, 2.75) is 45.6 Å². The zero-order valence-corrected chi connectivity index (χ0v) is 16.6. The molecule has 0 aliphatic heterocycles. The summed E-state index contributed by atoms with van der Waals surface area (Å²) < 4.78 is 38.6. The van der Waals surface area contributed by atoms with Gasteiger partial charge >= 0.3 is 0 Å². The Morgan fingerprint density at radius 3 is 2.52 bits per heavy atom. The third-order valence-electron chi connectivity index (χ3n) is 4.05. The van der Waals surface area contributed by atoms with Crippen LogP contribution in [0.15, 0.2) is 44.3 Å². The normalized spacial score (nSPS) is 12.0. The van der Waals surface area contributed by atoms with Crippen molar-refractivity contribution < 1.29 is 17.5 Å². The summed E-state index contributed by atoms with van der Waals surface area (Å²) in [6.07, 6.45) is 0.786. The van der Waals surface area contributed by atoms with Crippen LogP contribution in [-0.2, 0) is 23.0 Å². The Morgan fingerprint density at radius 1 is 1.07 bits per heavy atom. The van der Waals surface area contributed by atoms with Gasteiger partial charge in [-0.25, -0.2) is 13.1 Å². The second-order valence-corrected chi connectivity index (χ2v) is 8.76. The molecule has 0 radical (unpaired) electrons. The molecule has 8 heteroatoms. The van der Waals surface area contributed by atoms with Gasteiger partial charge in [-0.3, -0.25) is 0 Å². The van der Waals surface area contributed by atoms with E-state index in [1.807, 2.05) is 13.0 Å². The topological polar surface area (TPSA) is 98.2 Å². The molecule has 1 N–H and O–H groups in total. The lowest BCUT2D eigenvalue weighted by atomic mass is 10.1. The van der Waals surface area contributed by atoms with Crippen molar-refractivity contribution in [3.05, 3.63) is 53.0 Å². The number of sulfonamides is 1. The largest absolute Gasteiger partial charge is 0.360 e. The fourth-order valence-corrected chi connectivity index (χ4v) is 4.00. The first-order valence-electron chi connectivity index (χ1n) is 8.73.